The molecule has 0 unspecified atom stereocenters. The zero-order valence-corrected chi connectivity index (χ0v) is 16.4. The molecule has 1 amide bonds. The van der Waals surface area contributed by atoms with Crippen molar-refractivity contribution < 1.29 is 4.79 Å². The van der Waals surface area contributed by atoms with Gasteiger partial charge < -0.3 is 10.6 Å². The molecule has 0 bridgehead atoms. The van der Waals surface area contributed by atoms with Crippen molar-refractivity contribution in [2.75, 3.05) is 17.2 Å². The van der Waals surface area contributed by atoms with Gasteiger partial charge in [-0.15, -0.1) is 11.3 Å². The molecule has 7 heteroatoms. The molecule has 4 nitrogen and oxygen atoms in total. The molecule has 0 atom stereocenters. The van der Waals surface area contributed by atoms with Crippen molar-refractivity contribution in [3.8, 4) is 0 Å². The second kappa shape index (κ2) is 8.54. The monoisotopic (exact) mass is 405 g/mol. The molecule has 26 heavy (non-hydrogen) atoms. The van der Waals surface area contributed by atoms with E-state index in [0.29, 0.717) is 21.6 Å². The molecule has 0 saturated heterocycles. The van der Waals surface area contributed by atoms with Crippen molar-refractivity contribution in [3.05, 3.63) is 74.7 Å². The summed E-state index contributed by atoms with van der Waals surface area (Å²) in [5, 5.41) is 7.77. The van der Waals surface area contributed by atoms with Crippen LogP contribution in [0, 0.1) is 6.92 Å². The summed E-state index contributed by atoms with van der Waals surface area (Å²) >= 11 is 13.6. The first-order chi connectivity index (χ1) is 12.5. The number of rotatable bonds is 6. The summed E-state index contributed by atoms with van der Waals surface area (Å²) in [5.41, 5.74) is 2.98. The summed E-state index contributed by atoms with van der Waals surface area (Å²) in [5.74, 6) is -0.145. The average molecular weight is 406 g/mol. The highest BCUT2D eigenvalue weighted by molar-refractivity contribution is 7.15. The van der Waals surface area contributed by atoms with Crippen molar-refractivity contribution in [1.82, 2.24) is 4.98 Å². The van der Waals surface area contributed by atoms with Gasteiger partial charge in [-0.05, 0) is 48.4 Å². The number of nitrogens with zero attached hydrogens (tertiary/aromatic N) is 1. The van der Waals surface area contributed by atoms with Gasteiger partial charge in [0.1, 0.15) is 0 Å². The maximum atomic E-state index is 12.1. The van der Waals surface area contributed by atoms with Crippen molar-refractivity contribution in [1.29, 1.82) is 0 Å². The summed E-state index contributed by atoms with van der Waals surface area (Å²) in [4.78, 5) is 17.3. The van der Waals surface area contributed by atoms with E-state index in [1.165, 1.54) is 11.3 Å². The van der Waals surface area contributed by atoms with Gasteiger partial charge in [-0.3, -0.25) is 4.79 Å². The third-order valence-electron chi connectivity index (χ3n) is 3.64. The van der Waals surface area contributed by atoms with Crippen LogP contribution in [-0.2, 0) is 11.2 Å². The minimum absolute atomic E-state index is 0.145. The Balaban J connectivity index is 1.56. The molecule has 0 spiro atoms. The topological polar surface area (TPSA) is 54.0 Å². The lowest BCUT2D eigenvalue weighted by atomic mass is 10.1. The number of nitrogens with one attached hydrogen (secondary N) is 2. The zero-order valence-electron chi connectivity index (χ0n) is 14.1. The average Bonchev–Trinajstić information content (AvgIpc) is 3.03. The van der Waals surface area contributed by atoms with Crippen LogP contribution in [0.2, 0.25) is 10.0 Å². The molecule has 2 aromatic carbocycles. The molecular weight excluding hydrogens is 389 g/mol. The van der Waals surface area contributed by atoms with Gasteiger partial charge in [-0.25, -0.2) is 4.98 Å². The quantitative estimate of drug-likeness (QED) is 0.576. The number of anilines is 2. The molecule has 2 N–H and O–H groups in total. The van der Waals surface area contributed by atoms with Crippen LogP contribution >= 0.6 is 34.5 Å². The smallest absolute Gasteiger partial charge is 0.245 e. The molecule has 3 aromatic rings. The fourth-order valence-corrected chi connectivity index (χ4v) is 3.65. The number of aromatic nitrogens is 1. The molecule has 1 aromatic heterocycles. The van der Waals surface area contributed by atoms with Crippen LogP contribution in [0.15, 0.2) is 48.7 Å². The van der Waals surface area contributed by atoms with Crippen LogP contribution in [-0.4, -0.2) is 17.4 Å². The Morgan fingerprint density at radius 3 is 2.85 bits per heavy atom. The second-order valence-corrected chi connectivity index (χ2v) is 7.77. The van der Waals surface area contributed by atoms with Gasteiger partial charge in [-0.1, -0.05) is 35.3 Å². The molecule has 0 aliphatic carbocycles. The highest BCUT2D eigenvalue weighted by Crippen LogP contribution is 2.26. The van der Waals surface area contributed by atoms with Crippen LogP contribution in [0.1, 0.15) is 16.0 Å². The highest BCUT2D eigenvalue weighted by Gasteiger charge is 2.09. The number of amides is 1. The molecule has 134 valence electrons. The van der Waals surface area contributed by atoms with Crippen LogP contribution < -0.4 is 10.6 Å². The molecule has 0 aliphatic heterocycles. The minimum Gasteiger partial charge on any atom is -0.376 e. The van der Waals surface area contributed by atoms with E-state index in [4.69, 9.17) is 23.2 Å². The van der Waals surface area contributed by atoms with Gasteiger partial charge in [0.15, 0.2) is 5.13 Å². The van der Waals surface area contributed by atoms with E-state index in [1.807, 2.05) is 37.3 Å². The maximum Gasteiger partial charge on any atom is 0.245 e. The maximum absolute atomic E-state index is 12.1. The molecule has 1 heterocycles. The van der Waals surface area contributed by atoms with E-state index in [2.05, 4.69) is 15.6 Å². The highest BCUT2D eigenvalue weighted by atomic mass is 35.5. The minimum atomic E-state index is -0.145. The van der Waals surface area contributed by atoms with Crippen LogP contribution in [0.3, 0.4) is 0 Å². The van der Waals surface area contributed by atoms with E-state index >= 15 is 0 Å². The SMILES string of the molecule is Cc1cccc(NCC(=O)Nc2ncc(Cc3cc(Cl)ccc3Cl)s2)c1. The van der Waals surface area contributed by atoms with E-state index in [0.717, 1.165) is 21.7 Å². The van der Waals surface area contributed by atoms with Crippen molar-refractivity contribution in [2.45, 2.75) is 13.3 Å². The number of halogens is 2. The number of hydrogen-bond acceptors (Lipinski definition) is 4. The second-order valence-electron chi connectivity index (χ2n) is 5.82. The molecular formula is C19H17Cl2N3OS. The first kappa shape index (κ1) is 18.7. The molecule has 0 radical (unpaired) electrons. The van der Waals surface area contributed by atoms with Gasteiger partial charge in [-0.2, -0.15) is 0 Å². The summed E-state index contributed by atoms with van der Waals surface area (Å²) in [7, 11) is 0. The first-order valence-corrected chi connectivity index (χ1v) is 9.56. The van der Waals surface area contributed by atoms with Gasteiger partial charge >= 0.3 is 0 Å². The Morgan fingerprint density at radius 1 is 1.19 bits per heavy atom. The van der Waals surface area contributed by atoms with Crippen molar-refractivity contribution in [2.24, 2.45) is 0 Å². The first-order valence-electron chi connectivity index (χ1n) is 7.98. The fourth-order valence-electron chi connectivity index (χ4n) is 2.41. The number of carbonyl (C=O) groups excluding carboxylic acids is 1. The van der Waals surface area contributed by atoms with Crippen molar-refractivity contribution >= 4 is 51.3 Å². The summed E-state index contributed by atoms with van der Waals surface area (Å²) < 4.78 is 0. The van der Waals surface area contributed by atoms with Crippen molar-refractivity contribution in [3.63, 3.8) is 0 Å². The Bertz CT molecular complexity index is 927. The zero-order chi connectivity index (χ0) is 18.5. The summed E-state index contributed by atoms with van der Waals surface area (Å²) in [6, 6.07) is 13.2. The molecule has 0 aliphatic rings. The van der Waals surface area contributed by atoms with Crippen LogP contribution in [0.25, 0.3) is 0 Å². The molecule has 0 saturated carbocycles. The molecule has 3 rings (SSSR count). The number of hydrogen-bond donors (Lipinski definition) is 2. The predicted octanol–water partition coefficient (Wildman–Crippen LogP) is 5.40. The van der Waals surface area contributed by atoms with Gasteiger partial charge in [0.25, 0.3) is 0 Å². The predicted molar refractivity (Wildman–Crippen MR) is 110 cm³/mol. The normalized spacial score (nSPS) is 10.6. The Morgan fingerprint density at radius 2 is 2.04 bits per heavy atom. The largest absolute Gasteiger partial charge is 0.376 e. The lowest BCUT2D eigenvalue weighted by Gasteiger charge is -2.06. The Hall–Kier alpha value is -2.08. The third-order valence-corrected chi connectivity index (χ3v) is 5.16. The number of thiazole rings is 1. The van der Waals surface area contributed by atoms with Crippen LogP contribution in [0.5, 0.6) is 0 Å². The number of benzene rings is 2. The van der Waals surface area contributed by atoms with E-state index < -0.39 is 0 Å². The summed E-state index contributed by atoms with van der Waals surface area (Å²) in [6.45, 7) is 2.19. The van der Waals surface area contributed by atoms with E-state index in [1.54, 1.807) is 18.3 Å². The van der Waals surface area contributed by atoms with Crippen LogP contribution in [0.4, 0.5) is 10.8 Å². The molecule has 0 fully saturated rings. The fraction of sp³-hybridized carbons (Fsp3) is 0.158. The van der Waals surface area contributed by atoms with E-state index in [9.17, 15) is 4.79 Å². The van der Waals surface area contributed by atoms with E-state index in [-0.39, 0.29) is 12.5 Å². The standard InChI is InChI=1S/C19H17Cl2N3OS/c1-12-3-2-4-15(7-12)22-11-18(25)24-19-23-10-16(26-19)9-13-8-14(20)5-6-17(13)21/h2-8,10,22H,9,11H2,1H3,(H,23,24,25). The summed E-state index contributed by atoms with van der Waals surface area (Å²) in [6.07, 6.45) is 2.36. The third kappa shape index (κ3) is 5.21. The lowest BCUT2D eigenvalue weighted by molar-refractivity contribution is -0.114. The van der Waals surface area contributed by atoms with Gasteiger partial charge in [0.05, 0.1) is 6.54 Å². The number of carbonyl (C=O) groups is 1. The Labute approximate surface area is 166 Å². The number of aryl methyl sites for hydroxylation is 1. The van der Waals surface area contributed by atoms with Gasteiger partial charge in [0, 0.05) is 33.2 Å². The van der Waals surface area contributed by atoms with Gasteiger partial charge in [0.2, 0.25) is 5.91 Å². The Kier molecular flexibility index (Phi) is 6.14. The lowest BCUT2D eigenvalue weighted by Crippen LogP contribution is -2.21.